The minimum atomic E-state index is -0.811. The minimum absolute atomic E-state index is 0.00309. The van der Waals surface area contributed by atoms with Gasteiger partial charge >= 0.3 is 0 Å². The van der Waals surface area contributed by atoms with Crippen molar-refractivity contribution in [2.24, 2.45) is 0 Å². The number of β-amino-alcohol motifs (C(OH)–C–C–N with tert-alkyl or cyclic N) is 1. The molecule has 0 radical (unpaired) electrons. The van der Waals surface area contributed by atoms with Crippen LogP contribution in [0.5, 0.6) is 0 Å². The van der Waals surface area contributed by atoms with Crippen LogP contribution in [0.25, 0.3) is 0 Å². The third-order valence-electron chi connectivity index (χ3n) is 5.03. The van der Waals surface area contributed by atoms with Gasteiger partial charge in [-0.1, -0.05) is 49.7 Å². The van der Waals surface area contributed by atoms with Crippen molar-refractivity contribution in [3.63, 3.8) is 0 Å². The summed E-state index contributed by atoms with van der Waals surface area (Å²) in [4.78, 5) is 27.3. The van der Waals surface area contributed by atoms with Gasteiger partial charge in [0.15, 0.2) is 11.5 Å². The lowest BCUT2D eigenvalue weighted by molar-refractivity contribution is -0.130. The number of benzene rings is 2. The van der Waals surface area contributed by atoms with E-state index in [4.69, 9.17) is 11.6 Å². The molecule has 2 unspecified atom stereocenters. The zero-order chi connectivity index (χ0) is 21.3. The van der Waals surface area contributed by atoms with E-state index >= 15 is 0 Å². The van der Waals surface area contributed by atoms with E-state index in [1.165, 1.54) is 4.90 Å². The lowest BCUT2D eigenvalue weighted by atomic mass is 9.91. The summed E-state index contributed by atoms with van der Waals surface area (Å²) < 4.78 is 0. The van der Waals surface area contributed by atoms with E-state index in [9.17, 15) is 19.8 Å². The predicted molar refractivity (Wildman–Crippen MR) is 112 cm³/mol. The van der Waals surface area contributed by atoms with Crippen LogP contribution in [0.2, 0.25) is 5.02 Å². The molecule has 0 saturated heterocycles. The van der Waals surface area contributed by atoms with Crippen LogP contribution in [-0.4, -0.2) is 39.5 Å². The Morgan fingerprint density at radius 3 is 2.17 bits per heavy atom. The van der Waals surface area contributed by atoms with E-state index in [-0.39, 0.29) is 12.1 Å². The molecular weight excluding hydrogens is 390 g/mol. The van der Waals surface area contributed by atoms with E-state index in [0.717, 1.165) is 5.56 Å². The number of ketones is 1. The molecule has 2 aromatic rings. The first kappa shape index (κ1) is 21.1. The highest BCUT2D eigenvalue weighted by molar-refractivity contribution is 6.30. The molecule has 2 atom stereocenters. The fourth-order valence-corrected chi connectivity index (χ4v) is 3.65. The number of hydrogen-bond acceptors (Lipinski definition) is 4. The van der Waals surface area contributed by atoms with Gasteiger partial charge < -0.3 is 15.1 Å². The molecule has 0 spiro atoms. The first-order chi connectivity index (χ1) is 13.7. The van der Waals surface area contributed by atoms with Gasteiger partial charge in [0, 0.05) is 17.1 Å². The Hall–Kier alpha value is -2.63. The number of amides is 1. The van der Waals surface area contributed by atoms with E-state index in [2.05, 4.69) is 13.8 Å². The molecule has 29 heavy (non-hydrogen) atoms. The summed E-state index contributed by atoms with van der Waals surface area (Å²) >= 11 is 5.91. The summed E-state index contributed by atoms with van der Waals surface area (Å²) in [5, 5.41) is 20.9. The SMILES string of the molecule is CC(O)CN1C(=O)C(O)=C(C(=O)c2ccc(Cl)cc2)C1c1ccc(C(C)C)cc1. The number of carbonyl (C=O) groups excluding carboxylic acids is 2. The topological polar surface area (TPSA) is 77.8 Å². The van der Waals surface area contributed by atoms with Crippen LogP contribution in [0.1, 0.15) is 54.2 Å². The highest BCUT2D eigenvalue weighted by atomic mass is 35.5. The Balaban J connectivity index is 2.08. The standard InChI is InChI=1S/C23H24ClNO4/c1-13(2)15-4-6-16(7-5-15)20-19(21(27)17-8-10-18(24)11-9-17)22(28)23(29)25(20)12-14(3)26/h4-11,13-14,20,26,28H,12H2,1-3H3. The highest BCUT2D eigenvalue weighted by Crippen LogP contribution is 2.39. The molecule has 1 heterocycles. The summed E-state index contributed by atoms with van der Waals surface area (Å²) in [5.74, 6) is -1.36. The van der Waals surface area contributed by atoms with Gasteiger partial charge in [-0.05, 0) is 48.2 Å². The molecule has 0 bridgehead atoms. The largest absolute Gasteiger partial charge is 0.503 e. The number of carbonyl (C=O) groups is 2. The van der Waals surface area contributed by atoms with E-state index < -0.39 is 29.6 Å². The summed E-state index contributed by atoms with van der Waals surface area (Å²) in [6, 6.07) is 13.1. The molecule has 3 rings (SSSR count). The highest BCUT2D eigenvalue weighted by Gasteiger charge is 2.44. The molecule has 0 saturated carbocycles. The van der Waals surface area contributed by atoms with E-state index in [1.54, 1.807) is 31.2 Å². The molecule has 6 heteroatoms. The molecule has 152 valence electrons. The van der Waals surface area contributed by atoms with Gasteiger partial charge in [0.2, 0.25) is 0 Å². The van der Waals surface area contributed by atoms with E-state index in [1.807, 2.05) is 24.3 Å². The van der Waals surface area contributed by atoms with E-state index in [0.29, 0.717) is 22.1 Å². The number of aliphatic hydroxyl groups is 2. The van der Waals surface area contributed by atoms with Gasteiger partial charge in [-0.25, -0.2) is 0 Å². The fourth-order valence-electron chi connectivity index (χ4n) is 3.53. The van der Waals surface area contributed by atoms with Crippen molar-refractivity contribution in [2.45, 2.75) is 38.8 Å². The second kappa shape index (κ2) is 8.39. The Morgan fingerprint density at radius 2 is 1.66 bits per heavy atom. The molecule has 1 aliphatic heterocycles. The lowest BCUT2D eigenvalue weighted by Crippen LogP contribution is -2.36. The van der Waals surface area contributed by atoms with Crippen molar-refractivity contribution in [2.75, 3.05) is 6.54 Å². The van der Waals surface area contributed by atoms with Crippen molar-refractivity contribution in [3.8, 4) is 0 Å². The zero-order valence-corrected chi connectivity index (χ0v) is 17.3. The third-order valence-corrected chi connectivity index (χ3v) is 5.29. The normalized spacial score (nSPS) is 17.9. The molecular formula is C23H24ClNO4. The van der Waals surface area contributed by atoms with Gasteiger partial charge in [0.1, 0.15) is 0 Å². The molecule has 1 aliphatic rings. The molecule has 2 N–H and O–H groups in total. The predicted octanol–water partition coefficient (Wildman–Crippen LogP) is 4.42. The monoisotopic (exact) mass is 413 g/mol. The smallest absolute Gasteiger partial charge is 0.290 e. The quantitative estimate of drug-likeness (QED) is 0.687. The summed E-state index contributed by atoms with van der Waals surface area (Å²) in [6.45, 7) is 5.71. The molecule has 0 aromatic heterocycles. The summed E-state index contributed by atoms with van der Waals surface area (Å²) in [5.41, 5.74) is 2.16. The first-order valence-corrected chi connectivity index (χ1v) is 9.90. The van der Waals surface area contributed by atoms with Crippen molar-refractivity contribution >= 4 is 23.3 Å². The maximum atomic E-state index is 13.2. The fraction of sp³-hybridized carbons (Fsp3) is 0.304. The molecule has 2 aromatic carbocycles. The van der Waals surface area contributed by atoms with Gasteiger partial charge in [-0.15, -0.1) is 0 Å². The van der Waals surface area contributed by atoms with Crippen LogP contribution in [0.15, 0.2) is 59.9 Å². The van der Waals surface area contributed by atoms with Crippen LogP contribution in [0, 0.1) is 0 Å². The Kier molecular flexibility index (Phi) is 6.10. The number of aliphatic hydroxyl groups excluding tert-OH is 2. The Bertz CT molecular complexity index is 946. The van der Waals surface area contributed by atoms with Gasteiger partial charge in [-0.2, -0.15) is 0 Å². The number of halogens is 1. The average molecular weight is 414 g/mol. The van der Waals surface area contributed by atoms with Crippen molar-refractivity contribution < 1.29 is 19.8 Å². The maximum absolute atomic E-state index is 13.2. The number of rotatable bonds is 6. The zero-order valence-electron chi connectivity index (χ0n) is 16.6. The first-order valence-electron chi connectivity index (χ1n) is 9.53. The van der Waals surface area contributed by atoms with Gasteiger partial charge in [0.05, 0.1) is 17.7 Å². The molecule has 0 fully saturated rings. The molecule has 5 nitrogen and oxygen atoms in total. The van der Waals surface area contributed by atoms with Crippen molar-refractivity contribution in [3.05, 3.63) is 81.6 Å². The minimum Gasteiger partial charge on any atom is -0.503 e. The number of Topliss-reactive ketones (excluding diaryl/α,β-unsaturated/α-hetero) is 1. The summed E-state index contributed by atoms with van der Waals surface area (Å²) in [6.07, 6.45) is -0.811. The van der Waals surface area contributed by atoms with Crippen LogP contribution >= 0.6 is 11.6 Å². The van der Waals surface area contributed by atoms with Crippen molar-refractivity contribution in [1.29, 1.82) is 0 Å². The van der Waals surface area contributed by atoms with Crippen LogP contribution in [0.4, 0.5) is 0 Å². The lowest BCUT2D eigenvalue weighted by Gasteiger charge is -2.28. The third kappa shape index (κ3) is 4.21. The van der Waals surface area contributed by atoms with Crippen LogP contribution in [0.3, 0.4) is 0 Å². The maximum Gasteiger partial charge on any atom is 0.290 e. The second-order valence-electron chi connectivity index (χ2n) is 7.63. The second-order valence-corrected chi connectivity index (χ2v) is 8.07. The van der Waals surface area contributed by atoms with Gasteiger partial charge in [0.25, 0.3) is 5.91 Å². The number of nitrogens with zero attached hydrogens (tertiary/aromatic N) is 1. The van der Waals surface area contributed by atoms with Crippen LogP contribution in [-0.2, 0) is 4.79 Å². The summed E-state index contributed by atoms with van der Waals surface area (Å²) in [7, 11) is 0. The Morgan fingerprint density at radius 1 is 1.07 bits per heavy atom. The number of hydrogen-bond donors (Lipinski definition) is 2. The van der Waals surface area contributed by atoms with Gasteiger partial charge in [-0.3, -0.25) is 9.59 Å². The van der Waals surface area contributed by atoms with Crippen molar-refractivity contribution in [1.82, 2.24) is 4.90 Å². The molecule has 0 aliphatic carbocycles. The van der Waals surface area contributed by atoms with Crippen LogP contribution < -0.4 is 0 Å². The Labute approximate surface area is 175 Å². The average Bonchev–Trinajstić information content (AvgIpc) is 2.92. The molecule has 1 amide bonds.